The van der Waals surface area contributed by atoms with E-state index in [0.29, 0.717) is 53.2 Å². The lowest BCUT2D eigenvalue weighted by Crippen LogP contribution is -2.34. The van der Waals surface area contributed by atoms with E-state index in [-0.39, 0.29) is 37.0 Å². The molecule has 1 unspecified atom stereocenters. The zero-order valence-corrected chi connectivity index (χ0v) is 34.5. The Morgan fingerprint density at radius 2 is 1.66 bits per heavy atom. The van der Waals surface area contributed by atoms with E-state index >= 15 is 0 Å². The highest BCUT2D eigenvalue weighted by molar-refractivity contribution is 6.48. The molecule has 0 bridgehead atoms. The monoisotopic (exact) mass is 796 g/mol. The van der Waals surface area contributed by atoms with Crippen molar-refractivity contribution in [2.45, 2.75) is 53.9 Å². The van der Waals surface area contributed by atoms with Crippen molar-refractivity contribution in [3.8, 4) is 11.5 Å². The Kier molecular flexibility index (Phi) is 14.1. The van der Waals surface area contributed by atoms with Gasteiger partial charge in [-0.1, -0.05) is 67.1 Å². The predicted molar refractivity (Wildman–Crippen MR) is 236 cm³/mol. The van der Waals surface area contributed by atoms with Crippen LogP contribution in [0.4, 0.5) is 22.7 Å². The number of aromatic nitrogens is 2. The van der Waals surface area contributed by atoms with E-state index in [2.05, 4.69) is 21.6 Å². The molecule has 1 aromatic heterocycles. The van der Waals surface area contributed by atoms with Crippen LogP contribution in [-0.2, 0) is 16.1 Å². The second-order valence-corrected chi connectivity index (χ2v) is 14.1. The van der Waals surface area contributed by atoms with Crippen LogP contribution >= 0.6 is 0 Å². The summed E-state index contributed by atoms with van der Waals surface area (Å²) in [5, 5.41) is 16.3. The highest BCUT2D eigenvalue weighted by Crippen LogP contribution is 2.30. The van der Waals surface area contributed by atoms with E-state index < -0.39 is 12.2 Å². The second-order valence-electron chi connectivity index (χ2n) is 14.1. The number of hydrogen-bond acceptors (Lipinski definition) is 10. The van der Waals surface area contributed by atoms with Gasteiger partial charge in [0.05, 0.1) is 42.5 Å². The highest BCUT2D eigenvalue weighted by atomic mass is 16.7. The fourth-order valence-electron chi connectivity index (χ4n) is 6.76. The number of aliphatic hydroxyl groups is 1. The summed E-state index contributed by atoms with van der Waals surface area (Å²) in [6.45, 7) is 11.4. The van der Waals surface area contributed by atoms with Crippen LogP contribution in [0.3, 0.4) is 0 Å². The molecule has 12 nitrogen and oxygen atoms in total. The van der Waals surface area contributed by atoms with E-state index in [9.17, 15) is 14.7 Å². The van der Waals surface area contributed by atoms with E-state index in [1.54, 1.807) is 36.4 Å². The normalized spacial score (nSPS) is 11.9. The van der Waals surface area contributed by atoms with Gasteiger partial charge in [-0.15, -0.1) is 0 Å². The summed E-state index contributed by atoms with van der Waals surface area (Å²) in [5.74, 6) is 0.670. The Morgan fingerprint density at radius 3 is 2.37 bits per heavy atom. The topological polar surface area (TPSA) is 140 Å². The van der Waals surface area contributed by atoms with Crippen molar-refractivity contribution < 1.29 is 24.1 Å². The quantitative estimate of drug-likeness (QED) is 0.0581. The summed E-state index contributed by atoms with van der Waals surface area (Å²) >= 11 is 0. The smallest absolute Gasteiger partial charge is 0.278 e. The van der Waals surface area contributed by atoms with Gasteiger partial charge in [-0.3, -0.25) is 14.2 Å². The number of methoxy groups -OCH3 is 1. The summed E-state index contributed by atoms with van der Waals surface area (Å²) < 4.78 is 19.4. The average Bonchev–Trinajstić information content (AvgIpc) is 3.24. The number of para-hydroxylation sites is 1. The highest BCUT2D eigenvalue weighted by Gasteiger charge is 2.25. The second kappa shape index (κ2) is 19.8. The maximum Gasteiger partial charge on any atom is 0.278 e. The molecule has 306 valence electrons. The third-order valence-corrected chi connectivity index (χ3v) is 9.92. The first-order valence-electron chi connectivity index (χ1n) is 19.8. The van der Waals surface area contributed by atoms with Crippen molar-refractivity contribution in [2.24, 2.45) is 4.99 Å². The van der Waals surface area contributed by atoms with Gasteiger partial charge < -0.3 is 34.9 Å². The zero-order chi connectivity index (χ0) is 41.9. The third-order valence-electron chi connectivity index (χ3n) is 9.92. The molecule has 0 spiro atoms. The minimum atomic E-state index is -0.604. The van der Waals surface area contributed by atoms with Crippen LogP contribution in [0.25, 0.3) is 10.9 Å². The summed E-state index contributed by atoms with van der Waals surface area (Å²) in [6.07, 6.45) is 0.140. The van der Waals surface area contributed by atoms with E-state index in [4.69, 9.17) is 24.2 Å². The number of carbonyl (C=O) groups excluding carboxylic acids is 1. The molecular weight excluding hydrogens is 745 g/mol. The first kappa shape index (κ1) is 42.1. The van der Waals surface area contributed by atoms with Crippen molar-refractivity contribution >= 4 is 45.3 Å². The summed E-state index contributed by atoms with van der Waals surface area (Å²) in [7, 11) is 1.52. The summed E-state index contributed by atoms with van der Waals surface area (Å²) in [4.78, 5) is 41.0. The van der Waals surface area contributed by atoms with Gasteiger partial charge in [0.15, 0.2) is 11.5 Å². The molecule has 5 aromatic carbocycles. The van der Waals surface area contributed by atoms with E-state index in [0.717, 1.165) is 33.7 Å². The molecule has 0 saturated heterocycles. The Bertz CT molecular complexity index is 2480. The van der Waals surface area contributed by atoms with Crippen LogP contribution in [0.1, 0.15) is 48.3 Å². The number of hydrogen-bond donors (Lipinski definition) is 3. The molecule has 12 heteroatoms. The van der Waals surface area contributed by atoms with E-state index in [1.165, 1.54) is 11.7 Å². The number of benzene rings is 5. The van der Waals surface area contributed by atoms with Crippen molar-refractivity contribution in [3.05, 3.63) is 148 Å². The number of likely N-dealkylation sites (N-methyl/N-ethyl adjacent to an activating group) is 1. The van der Waals surface area contributed by atoms with Gasteiger partial charge in [0, 0.05) is 30.9 Å². The molecular formula is C47H52N6O6. The molecule has 3 N–H and O–H groups in total. The van der Waals surface area contributed by atoms with Gasteiger partial charge in [-0.25, -0.2) is 9.98 Å². The predicted octanol–water partition coefficient (Wildman–Crippen LogP) is 8.16. The fourth-order valence-corrected chi connectivity index (χ4v) is 6.76. The Hall–Kier alpha value is -6.50. The van der Waals surface area contributed by atoms with Crippen molar-refractivity contribution in [1.82, 2.24) is 9.55 Å². The van der Waals surface area contributed by atoms with Gasteiger partial charge in [0.2, 0.25) is 6.29 Å². The molecule has 0 aliphatic carbocycles. The number of carbonyl (C=O) groups is 1. The molecule has 1 amide bonds. The third kappa shape index (κ3) is 10.3. The Labute approximate surface area is 345 Å². The molecule has 1 atom stereocenters. The SMILES string of the molecule is CCC(OCNc1ccc(OC)c(NC(=O)C(=Nc2ccc(N(CC)CCO)cc2C)c2nc3ccccc3c(=O)n2Cc2ccccc2)c1)Oc1ccc(C)cc1C. The standard InChI is InChI=1S/C47H52N6O6/c1-7-43(59-41-22-18-31(3)26-33(41)5)58-30-48-35-19-23-42(57-6)40(28-35)51-46(55)44(49-38-21-20-36(27-32(38)4)52(8-2)24-25-54)45-50-39-17-13-12-16-37(39)47(56)53(45)29-34-14-10-9-11-15-34/h9-23,26-28,43,48,54H,7-8,24-25,29-30H2,1-6H3,(H,51,55). The maximum absolute atomic E-state index is 14.8. The average molecular weight is 797 g/mol. The number of anilines is 3. The van der Waals surface area contributed by atoms with Crippen LogP contribution in [0.5, 0.6) is 11.5 Å². The Balaban J connectivity index is 1.37. The van der Waals surface area contributed by atoms with Crippen LogP contribution < -0.4 is 30.6 Å². The molecule has 6 aromatic rings. The van der Waals surface area contributed by atoms with Crippen molar-refractivity contribution in [1.29, 1.82) is 0 Å². The largest absolute Gasteiger partial charge is 0.495 e. The van der Waals surface area contributed by atoms with Gasteiger partial charge >= 0.3 is 0 Å². The minimum Gasteiger partial charge on any atom is -0.495 e. The number of fused-ring (bicyclic) bond motifs is 1. The molecule has 59 heavy (non-hydrogen) atoms. The van der Waals surface area contributed by atoms with Gasteiger partial charge in [-0.2, -0.15) is 0 Å². The van der Waals surface area contributed by atoms with Crippen molar-refractivity contribution in [3.63, 3.8) is 0 Å². The van der Waals surface area contributed by atoms with Gasteiger partial charge in [0.1, 0.15) is 18.2 Å². The molecule has 0 aliphatic heterocycles. The van der Waals surface area contributed by atoms with Crippen molar-refractivity contribution in [2.75, 3.05) is 49.1 Å². The Morgan fingerprint density at radius 1 is 0.898 bits per heavy atom. The molecule has 0 saturated carbocycles. The number of aryl methyl sites for hydroxylation is 3. The number of aliphatic hydroxyl groups excluding tert-OH is 1. The number of aliphatic imine (C=N–C) groups is 1. The number of rotatable bonds is 18. The van der Waals surface area contributed by atoms with Gasteiger partial charge in [0.25, 0.3) is 11.5 Å². The number of amides is 1. The summed E-state index contributed by atoms with van der Waals surface area (Å²) in [5.41, 5.74) is 6.33. The molecule has 0 aliphatic rings. The molecule has 0 fully saturated rings. The molecule has 1 heterocycles. The fraction of sp³-hybridized carbons (Fsp3) is 0.277. The van der Waals surface area contributed by atoms with Gasteiger partial charge in [-0.05, 0) is 99.0 Å². The first-order valence-corrected chi connectivity index (χ1v) is 19.8. The summed E-state index contributed by atoms with van der Waals surface area (Å²) in [6, 6.07) is 33.7. The minimum absolute atomic E-state index is 0.0122. The number of nitrogens with zero attached hydrogens (tertiary/aromatic N) is 4. The number of nitrogens with one attached hydrogen (secondary N) is 2. The molecule has 0 radical (unpaired) electrons. The lowest BCUT2D eigenvalue weighted by Gasteiger charge is -2.23. The van der Waals surface area contributed by atoms with Crippen LogP contribution in [0.15, 0.2) is 119 Å². The van der Waals surface area contributed by atoms with Crippen LogP contribution in [0.2, 0.25) is 0 Å². The van der Waals surface area contributed by atoms with Crippen LogP contribution in [-0.4, -0.2) is 66.1 Å². The lowest BCUT2D eigenvalue weighted by molar-refractivity contribution is -0.110. The maximum atomic E-state index is 14.8. The van der Waals surface area contributed by atoms with Crippen LogP contribution in [0, 0.1) is 20.8 Å². The zero-order valence-electron chi connectivity index (χ0n) is 34.5. The number of ether oxygens (including phenoxy) is 3. The van der Waals surface area contributed by atoms with E-state index in [1.807, 2.05) is 101 Å². The lowest BCUT2D eigenvalue weighted by atomic mass is 10.1. The molecule has 6 rings (SSSR count). The first-order chi connectivity index (χ1) is 28.6.